The van der Waals surface area contributed by atoms with Gasteiger partial charge in [-0.2, -0.15) is 5.10 Å². The van der Waals surface area contributed by atoms with Gasteiger partial charge in [0, 0.05) is 5.56 Å². The average molecular weight is 229 g/mol. The molecule has 0 aliphatic rings. The van der Waals surface area contributed by atoms with Gasteiger partial charge in [0.2, 0.25) is 0 Å². The SMILES string of the molecule is COC(=O)c1[nH]ncc1C(O)C(O)CCN. The number of ether oxygens (including phenoxy) is 1. The van der Waals surface area contributed by atoms with Crippen LogP contribution in [0.1, 0.15) is 28.6 Å². The van der Waals surface area contributed by atoms with Crippen LogP contribution in [0.5, 0.6) is 0 Å². The van der Waals surface area contributed by atoms with E-state index in [1.807, 2.05) is 0 Å². The number of H-pyrrole nitrogens is 1. The summed E-state index contributed by atoms with van der Waals surface area (Å²) in [7, 11) is 1.22. The summed E-state index contributed by atoms with van der Waals surface area (Å²) in [6.45, 7) is 0.240. The fourth-order valence-electron chi connectivity index (χ4n) is 1.32. The Labute approximate surface area is 92.2 Å². The number of carbonyl (C=O) groups is 1. The van der Waals surface area contributed by atoms with Crippen LogP contribution in [-0.4, -0.2) is 46.1 Å². The number of rotatable bonds is 5. The van der Waals surface area contributed by atoms with Gasteiger partial charge in [-0.25, -0.2) is 4.79 Å². The van der Waals surface area contributed by atoms with E-state index in [-0.39, 0.29) is 24.2 Å². The van der Waals surface area contributed by atoms with E-state index < -0.39 is 18.2 Å². The molecule has 1 aromatic heterocycles. The molecule has 1 rings (SSSR count). The second-order valence-corrected chi connectivity index (χ2v) is 3.28. The van der Waals surface area contributed by atoms with Crippen molar-refractivity contribution in [3.8, 4) is 0 Å². The minimum atomic E-state index is -1.21. The van der Waals surface area contributed by atoms with Crippen LogP contribution in [0.15, 0.2) is 6.20 Å². The Balaban J connectivity index is 2.87. The maximum absolute atomic E-state index is 11.3. The standard InChI is InChI=1S/C9H15N3O4/c1-16-9(15)7-5(4-11-12-7)8(14)6(13)2-3-10/h4,6,8,13-14H,2-3,10H2,1H3,(H,11,12). The number of carbonyl (C=O) groups excluding carboxylic acids is 1. The van der Waals surface area contributed by atoms with Gasteiger partial charge in [-0.05, 0) is 13.0 Å². The van der Waals surface area contributed by atoms with Crippen molar-refractivity contribution in [3.63, 3.8) is 0 Å². The lowest BCUT2D eigenvalue weighted by molar-refractivity contribution is 0.0138. The topological polar surface area (TPSA) is 121 Å². The largest absolute Gasteiger partial charge is 0.464 e. The molecule has 0 aromatic carbocycles. The summed E-state index contributed by atoms with van der Waals surface area (Å²) in [6, 6.07) is 0. The normalized spacial score (nSPS) is 14.5. The number of aliphatic hydroxyl groups excluding tert-OH is 2. The number of methoxy groups -OCH3 is 1. The minimum Gasteiger partial charge on any atom is -0.464 e. The zero-order valence-electron chi connectivity index (χ0n) is 8.88. The minimum absolute atomic E-state index is 0.0334. The number of aliphatic hydroxyl groups is 2. The third kappa shape index (κ3) is 2.57. The third-order valence-corrected chi connectivity index (χ3v) is 2.20. The van der Waals surface area contributed by atoms with Gasteiger partial charge in [-0.15, -0.1) is 0 Å². The zero-order chi connectivity index (χ0) is 12.1. The van der Waals surface area contributed by atoms with Crippen LogP contribution < -0.4 is 5.73 Å². The number of nitrogens with two attached hydrogens (primary N) is 1. The third-order valence-electron chi connectivity index (χ3n) is 2.20. The molecule has 0 aliphatic heterocycles. The Kier molecular flexibility index (Phi) is 4.41. The van der Waals surface area contributed by atoms with E-state index in [1.54, 1.807) is 0 Å². The van der Waals surface area contributed by atoms with E-state index in [0.29, 0.717) is 0 Å². The lowest BCUT2D eigenvalue weighted by Crippen LogP contribution is -2.23. The highest BCUT2D eigenvalue weighted by Crippen LogP contribution is 2.21. The van der Waals surface area contributed by atoms with E-state index in [2.05, 4.69) is 14.9 Å². The van der Waals surface area contributed by atoms with E-state index in [0.717, 1.165) is 0 Å². The van der Waals surface area contributed by atoms with Gasteiger partial charge in [0.25, 0.3) is 0 Å². The molecule has 1 heterocycles. The molecule has 7 heteroatoms. The molecule has 0 saturated carbocycles. The molecular weight excluding hydrogens is 214 g/mol. The van der Waals surface area contributed by atoms with Gasteiger partial charge in [0.15, 0.2) is 0 Å². The van der Waals surface area contributed by atoms with Crippen LogP contribution in [0.2, 0.25) is 0 Å². The smallest absolute Gasteiger partial charge is 0.356 e. The van der Waals surface area contributed by atoms with E-state index in [9.17, 15) is 15.0 Å². The molecule has 2 unspecified atom stereocenters. The van der Waals surface area contributed by atoms with Gasteiger partial charge in [-0.3, -0.25) is 5.10 Å². The molecular formula is C9H15N3O4. The van der Waals surface area contributed by atoms with E-state index in [4.69, 9.17) is 5.73 Å². The number of hydrogen-bond acceptors (Lipinski definition) is 6. The molecule has 2 atom stereocenters. The number of hydrogen-bond donors (Lipinski definition) is 4. The van der Waals surface area contributed by atoms with Crippen molar-refractivity contribution < 1.29 is 19.7 Å². The molecule has 0 saturated heterocycles. The lowest BCUT2D eigenvalue weighted by Gasteiger charge is -2.16. The summed E-state index contributed by atoms with van der Waals surface area (Å²) in [5.74, 6) is -0.647. The summed E-state index contributed by atoms with van der Waals surface area (Å²) in [5, 5.41) is 25.3. The summed E-state index contributed by atoms with van der Waals surface area (Å²) < 4.78 is 4.50. The molecule has 7 nitrogen and oxygen atoms in total. The molecule has 5 N–H and O–H groups in total. The highest BCUT2D eigenvalue weighted by Gasteiger charge is 2.25. The highest BCUT2D eigenvalue weighted by atomic mass is 16.5. The Hall–Kier alpha value is -1.44. The number of aromatic nitrogens is 2. The molecule has 16 heavy (non-hydrogen) atoms. The van der Waals surface area contributed by atoms with Crippen LogP contribution in [0.3, 0.4) is 0 Å². The quantitative estimate of drug-likeness (QED) is 0.477. The van der Waals surface area contributed by atoms with E-state index in [1.165, 1.54) is 13.3 Å². The molecule has 1 aromatic rings. The van der Waals surface area contributed by atoms with Crippen LogP contribution in [0.25, 0.3) is 0 Å². The monoisotopic (exact) mass is 229 g/mol. The maximum atomic E-state index is 11.3. The second-order valence-electron chi connectivity index (χ2n) is 3.28. The zero-order valence-corrected chi connectivity index (χ0v) is 8.88. The molecule has 0 spiro atoms. The van der Waals surface area contributed by atoms with Crippen molar-refractivity contribution in [2.75, 3.05) is 13.7 Å². The first-order chi connectivity index (χ1) is 7.61. The van der Waals surface area contributed by atoms with Crippen LogP contribution in [0.4, 0.5) is 0 Å². The predicted molar refractivity (Wildman–Crippen MR) is 54.6 cm³/mol. The predicted octanol–water partition coefficient (Wildman–Crippen LogP) is -1.06. The number of nitrogens with zero attached hydrogens (tertiary/aromatic N) is 1. The Morgan fingerprint density at radius 1 is 1.69 bits per heavy atom. The first-order valence-electron chi connectivity index (χ1n) is 4.79. The number of aromatic amines is 1. The summed E-state index contributed by atoms with van der Waals surface area (Å²) in [4.78, 5) is 11.3. The summed E-state index contributed by atoms with van der Waals surface area (Å²) in [6.07, 6.45) is -0.744. The molecule has 0 fully saturated rings. The number of nitrogens with one attached hydrogen (secondary N) is 1. The van der Waals surface area contributed by atoms with Crippen molar-refractivity contribution in [1.82, 2.24) is 10.2 Å². The fraction of sp³-hybridized carbons (Fsp3) is 0.556. The second kappa shape index (κ2) is 5.59. The van der Waals surface area contributed by atoms with Crippen LogP contribution >= 0.6 is 0 Å². The van der Waals surface area contributed by atoms with Crippen LogP contribution in [0, 0.1) is 0 Å². The lowest BCUT2D eigenvalue weighted by atomic mass is 10.0. The van der Waals surface area contributed by atoms with Gasteiger partial charge in [0.1, 0.15) is 11.8 Å². The number of esters is 1. The van der Waals surface area contributed by atoms with Crippen molar-refractivity contribution in [2.45, 2.75) is 18.6 Å². The molecule has 0 bridgehead atoms. The highest BCUT2D eigenvalue weighted by molar-refractivity contribution is 5.88. The van der Waals surface area contributed by atoms with Crippen LogP contribution in [-0.2, 0) is 4.74 Å². The van der Waals surface area contributed by atoms with Crippen molar-refractivity contribution in [2.24, 2.45) is 5.73 Å². The van der Waals surface area contributed by atoms with Gasteiger partial charge in [-0.1, -0.05) is 0 Å². The van der Waals surface area contributed by atoms with Gasteiger partial charge in [0.05, 0.1) is 19.4 Å². The molecule has 0 amide bonds. The van der Waals surface area contributed by atoms with Crippen molar-refractivity contribution in [1.29, 1.82) is 0 Å². The van der Waals surface area contributed by atoms with Crippen molar-refractivity contribution >= 4 is 5.97 Å². The molecule has 0 radical (unpaired) electrons. The Morgan fingerprint density at radius 3 is 2.94 bits per heavy atom. The average Bonchev–Trinajstić information content (AvgIpc) is 2.76. The van der Waals surface area contributed by atoms with E-state index >= 15 is 0 Å². The first kappa shape index (κ1) is 12.6. The Morgan fingerprint density at radius 2 is 2.38 bits per heavy atom. The molecule has 0 aliphatic carbocycles. The van der Waals surface area contributed by atoms with Gasteiger partial charge >= 0.3 is 5.97 Å². The fourth-order valence-corrected chi connectivity index (χ4v) is 1.32. The summed E-state index contributed by atoms with van der Waals surface area (Å²) >= 11 is 0. The summed E-state index contributed by atoms with van der Waals surface area (Å²) in [5.41, 5.74) is 5.49. The maximum Gasteiger partial charge on any atom is 0.356 e. The van der Waals surface area contributed by atoms with Gasteiger partial charge < -0.3 is 20.7 Å². The first-order valence-corrected chi connectivity index (χ1v) is 4.79. The van der Waals surface area contributed by atoms with Crippen molar-refractivity contribution in [3.05, 3.63) is 17.5 Å². The molecule has 90 valence electrons. The Bertz CT molecular complexity index is 352.